The van der Waals surface area contributed by atoms with Crippen LogP contribution in [-0.4, -0.2) is 9.97 Å². The lowest BCUT2D eigenvalue weighted by atomic mass is 10.2. The lowest BCUT2D eigenvalue weighted by Crippen LogP contribution is -2.03. The van der Waals surface area contributed by atoms with Crippen molar-refractivity contribution < 1.29 is 4.39 Å². The average molecular weight is 219 g/mol. The fraction of sp³-hybridized carbons (Fsp3) is 0.250. The Morgan fingerprint density at radius 3 is 2.81 bits per heavy atom. The van der Waals surface area contributed by atoms with Crippen molar-refractivity contribution >= 4 is 5.69 Å². The van der Waals surface area contributed by atoms with Gasteiger partial charge in [0, 0.05) is 0 Å². The van der Waals surface area contributed by atoms with E-state index in [1.807, 2.05) is 19.9 Å². The quantitative estimate of drug-likeness (QED) is 0.833. The molecule has 1 aromatic heterocycles. The van der Waals surface area contributed by atoms with Crippen LogP contribution >= 0.6 is 0 Å². The first-order valence-electron chi connectivity index (χ1n) is 5.16. The number of imidazole rings is 1. The maximum Gasteiger partial charge on any atom is 0.146 e. The molecule has 0 aliphatic heterocycles. The van der Waals surface area contributed by atoms with Crippen LogP contribution < -0.4 is 5.32 Å². The van der Waals surface area contributed by atoms with Crippen molar-refractivity contribution in [2.24, 2.45) is 0 Å². The number of aromatic amines is 1. The Kier molecular flexibility index (Phi) is 2.90. The van der Waals surface area contributed by atoms with E-state index in [1.54, 1.807) is 12.3 Å². The summed E-state index contributed by atoms with van der Waals surface area (Å²) in [6, 6.07) is 5.04. The highest BCUT2D eigenvalue weighted by atomic mass is 19.1. The second-order valence-corrected chi connectivity index (χ2v) is 3.78. The normalized spacial score (nSPS) is 10.4. The van der Waals surface area contributed by atoms with Crippen LogP contribution in [0.25, 0.3) is 0 Å². The minimum absolute atomic E-state index is 0.226. The molecular weight excluding hydrogens is 205 g/mol. The second-order valence-electron chi connectivity index (χ2n) is 3.78. The predicted molar refractivity (Wildman–Crippen MR) is 61.8 cm³/mol. The molecule has 0 amide bonds. The monoisotopic (exact) mass is 219 g/mol. The van der Waals surface area contributed by atoms with Gasteiger partial charge in [0.2, 0.25) is 0 Å². The molecule has 84 valence electrons. The van der Waals surface area contributed by atoms with Crippen molar-refractivity contribution in [2.45, 2.75) is 20.4 Å². The maximum atomic E-state index is 13.5. The van der Waals surface area contributed by atoms with E-state index in [-0.39, 0.29) is 5.82 Å². The summed E-state index contributed by atoms with van der Waals surface area (Å²) in [5.74, 6) is 0.637. The Morgan fingerprint density at radius 2 is 2.19 bits per heavy atom. The summed E-state index contributed by atoms with van der Waals surface area (Å²) in [6.45, 7) is 4.31. The summed E-state index contributed by atoms with van der Waals surface area (Å²) in [5.41, 5.74) is 2.39. The van der Waals surface area contributed by atoms with E-state index in [1.165, 1.54) is 6.07 Å². The summed E-state index contributed by atoms with van der Waals surface area (Å²) in [7, 11) is 0. The summed E-state index contributed by atoms with van der Waals surface area (Å²) in [6.07, 6.45) is 1.75. The van der Waals surface area contributed by atoms with Gasteiger partial charge in [-0.3, -0.25) is 0 Å². The van der Waals surface area contributed by atoms with E-state index in [4.69, 9.17) is 0 Å². The summed E-state index contributed by atoms with van der Waals surface area (Å²) >= 11 is 0. The van der Waals surface area contributed by atoms with Gasteiger partial charge in [0.05, 0.1) is 24.1 Å². The lowest BCUT2D eigenvalue weighted by Gasteiger charge is -2.09. The highest BCUT2D eigenvalue weighted by molar-refractivity contribution is 5.51. The summed E-state index contributed by atoms with van der Waals surface area (Å²) in [5, 5.41) is 3.06. The zero-order chi connectivity index (χ0) is 11.5. The number of para-hydroxylation sites is 1. The lowest BCUT2D eigenvalue weighted by molar-refractivity contribution is 0.629. The van der Waals surface area contributed by atoms with E-state index in [9.17, 15) is 4.39 Å². The fourth-order valence-corrected chi connectivity index (χ4v) is 1.60. The number of anilines is 1. The van der Waals surface area contributed by atoms with Crippen LogP contribution in [-0.2, 0) is 6.54 Å². The topological polar surface area (TPSA) is 40.7 Å². The third kappa shape index (κ3) is 2.21. The Hall–Kier alpha value is -1.84. The van der Waals surface area contributed by atoms with Crippen LogP contribution in [0.1, 0.15) is 17.1 Å². The molecule has 0 fully saturated rings. The van der Waals surface area contributed by atoms with Crippen molar-refractivity contribution in [3.05, 3.63) is 47.3 Å². The molecule has 2 N–H and O–H groups in total. The summed E-state index contributed by atoms with van der Waals surface area (Å²) in [4.78, 5) is 7.17. The van der Waals surface area contributed by atoms with Gasteiger partial charge in [-0.05, 0) is 25.5 Å². The molecule has 0 saturated carbocycles. The highest BCUT2D eigenvalue weighted by Gasteiger charge is 2.04. The molecule has 0 saturated heterocycles. The number of hydrogen-bond acceptors (Lipinski definition) is 2. The summed E-state index contributed by atoms with van der Waals surface area (Å²) < 4.78 is 13.5. The molecule has 0 unspecified atom stereocenters. The number of aromatic nitrogens is 2. The number of benzene rings is 1. The molecule has 4 heteroatoms. The Labute approximate surface area is 93.7 Å². The van der Waals surface area contributed by atoms with Gasteiger partial charge >= 0.3 is 0 Å². The van der Waals surface area contributed by atoms with Crippen molar-refractivity contribution in [1.29, 1.82) is 0 Å². The minimum atomic E-state index is -0.226. The second kappa shape index (κ2) is 4.35. The number of halogens is 1. The van der Waals surface area contributed by atoms with Gasteiger partial charge in [-0.2, -0.15) is 0 Å². The van der Waals surface area contributed by atoms with Gasteiger partial charge in [-0.15, -0.1) is 0 Å². The fourth-order valence-electron chi connectivity index (χ4n) is 1.60. The van der Waals surface area contributed by atoms with Gasteiger partial charge in [-0.25, -0.2) is 9.37 Å². The number of nitrogens with zero attached hydrogens (tertiary/aromatic N) is 1. The van der Waals surface area contributed by atoms with Crippen LogP contribution in [0.15, 0.2) is 24.4 Å². The highest BCUT2D eigenvalue weighted by Crippen LogP contribution is 2.19. The van der Waals surface area contributed by atoms with Gasteiger partial charge in [-0.1, -0.05) is 12.1 Å². The van der Waals surface area contributed by atoms with Crippen LogP contribution in [0.4, 0.5) is 10.1 Å². The molecule has 1 heterocycles. The van der Waals surface area contributed by atoms with E-state index in [2.05, 4.69) is 15.3 Å². The minimum Gasteiger partial charge on any atom is -0.377 e. The number of nitrogens with one attached hydrogen (secondary N) is 2. The van der Waals surface area contributed by atoms with Gasteiger partial charge in [0.25, 0.3) is 0 Å². The number of rotatable bonds is 3. The molecule has 0 radical (unpaired) electrons. The average Bonchev–Trinajstić information content (AvgIpc) is 2.63. The molecule has 2 rings (SSSR count). The standard InChI is InChI=1S/C12H14FN3/c1-8-4-3-5-11(13)12(8)15-7-10-6-14-9(2)16-10/h3-6,15H,7H2,1-2H3,(H,14,16). The van der Waals surface area contributed by atoms with Crippen molar-refractivity contribution in [3.8, 4) is 0 Å². The van der Waals surface area contributed by atoms with Crippen molar-refractivity contribution in [2.75, 3.05) is 5.32 Å². The zero-order valence-corrected chi connectivity index (χ0v) is 9.34. The van der Waals surface area contributed by atoms with Crippen molar-refractivity contribution in [1.82, 2.24) is 9.97 Å². The van der Waals surface area contributed by atoms with Crippen LogP contribution in [0, 0.1) is 19.7 Å². The molecule has 16 heavy (non-hydrogen) atoms. The first-order chi connectivity index (χ1) is 7.66. The molecule has 0 aliphatic rings. The van der Waals surface area contributed by atoms with Crippen LogP contribution in [0.2, 0.25) is 0 Å². The largest absolute Gasteiger partial charge is 0.377 e. The third-order valence-electron chi connectivity index (χ3n) is 2.43. The van der Waals surface area contributed by atoms with E-state index < -0.39 is 0 Å². The molecule has 0 bridgehead atoms. The van der Waals surface area contributed by atoms with Gasteiger partial charge < -0.3 is 10.3 Å². The van der Waals surface area contributed by atoms with Crippen molar-refractivity contribution in [3.63, 3.8) is 0 Å². The number of H-pyrrole nitrogens is 1. The first kappa shape index (κ1) is 10.7. The molecular formula is C12H14FN3. The van der Waals surface area contributed by atoms with Gasteiger partial charge in [0.1, 0.15) is 11.6 Å². The van der Waals surface area contributed by atoms with Gasteiger partial charge in [0.15, 0.2) is 0 Å². The van der Waals surface area contributed by atoms with Crippen LogP contribution in [0.5, 0.6) is 0 Å². The Bertz CT molecular complexity index is 471. The molecule has 0 spiro atoms. The number of aryl methyl sites for hydroxylation is 2. The molecule has 2 aromatic rings. The van der Waals surface area contributed by atoms with E-state index in [0.717, 1.165) is 17.1 Å². The zero-order valence-electron chi connectivity index (χ0n) is 9.34. The number of hydrogen-bond donors (Lipinski definition) is 2. The van der Waals surface area contributed by atoms with Crippen LogP contribution in [0.3, 0.4) is 0 Å². The first-order valence-corrected chi connectivity index (χ1v) is 5.16. The molecule has 3 nitrogen and oxygen atoms in total. The Morgan fingerprint density at radius 1 is 1.38 bits per heavy atom. The Balaban J connectivity index is 2.10. The van der Waals surface area contributed by atoms with E-state index in [0.29, 0.717) is 12.2 Å². The molecule has 1 aromatic carbocycles. The SMILES string of the molecule is Cc1ncc(CNc2c(C)cccc2F)[nH]1. The molecule has 0 aliphatic carbocycles. The predicted octanol–water partition coefficient (Wildman–Crippen LogP) is 2.78. The smallest absolute Gasteiger partial charge is 0.146 e. The maximum absolute atomic E-state index is 13.5. The third-order valence-corrected chi connectivity index (χ3v) is 2.43. The molecule has 0 atom stereocenters. The van der Waals surface area contributed by atoms with E-state index >= 15 is 0 Å².